The summed E-state index contributed by atoms with van der Waals surface area (Å²) in [6.45, 7) is 5.63. The molecule has 0 aliphatic rings. The molecule has 1 unspecified atom stereocenters. The largest absolute Gasteiger partial charge is 0.467 e. The lowest BCUT2D eigenvalue weighted by atomic mass is 10.3. The fourth-order valence-corrected chi connectivity index (χ4v) is 1.15. The molecule has 0 aromatic heterocycles. The molecule has 0 aromatic carbocycles. The van der Waals surface area contributed by atoms with Gasteiger partial charge in [-0.25, -0.2) is 4.79 Å². The average molecular weight is 204 g/mol. The predicted octanol–water partition coefficient (Wildman–Crippen LogP) is 0.420. The van der Waals surface area contributed by atoms with Crippen LogP contribution >= 0.6 is 12.2 Å². The second kappa shape index (κ2) is 5.75. The summed E-state index contributed by atoms with van der Waals surface area (Å²) < 4.78 is 4.53. The minimum atomic E-state index is -0.413. The molecule has 5 heteroatoms. The summed E-state index contributed by atoms with van der Waals surface area (Å²) in [5.41, 5.74) is 0. The molecule has 0 rings (SSSR count). The van der Waals surface area contributed by atoms with E-state index in [0.29, 0.717) is 5.11 Å². The van der Waals surface area contributed by atoms with Crippen molar-refractivity contribution in [2.45, 2.75) is 32.9 Å². The highest BCUT2D eigenvalue weighted by atomic mass is 32.1. The van der Waals surface area contributed by atoms with Gasteiger partial charge in [-0.3, -0.25) is 0 Å². The maximum Gasteiger partial charge on any atom is 0.328 e. The van der Waals surface area contributed by atoms with Gasteiger partial charge in [-0.2, -0.15) is 0 Å². The van der Waals surface area contributed by atoms with Gasteiger partial charge < -0.3 is 15.4 Å². The van der Waals surface area contributed by atoms with Crippen molar-refractivity contribution in [2.24, 2.45) is 0 Å². The number of nitrogens with one attached hydrogen (secondary N) is 2. The van der Waals surface area contributed by atoms with E-state index >= 15 is 0 Å². The van der Waals surface area contributed by atoms with Crippen molar-refractivity contribution in [3.8, 4) is 0 Å². The van der Waals surface area contributed by atoms with Gasteiger partial charge >= 0.3 is 5.97 Å². The van der Waals surface area contributed by atoms with Crippen LogP contribution in [-0.2, 0) is 9.53 Å². The Hall–Kier alpha value is -0.840. The second-order valence-corrected chi connectivity index (χ2v) is 3.43. The van der Waals surface area contributed by atoms with Crippen molar-refractivity contribution < 1.29 is 9.53 Å². The minimum Gasteiger partial charge on any atom is -0.467 e. The fourth-order valence-electron chi connectivity index (χ4n) is 0.736. The first-order valence-corrected chi connectivity index (χ1v) is 4.53. The van der Waals surface area contributed by atoms with Crippen LogP contribution < -0.4 is 10.6 Å². The summed E-state index contributed by atoms with van der Waals surface area (Å²) in [6, 6.07) is -0.159. The second-order valence-electron chi connectivity index (χ2n) is 3.02. The van der Waals surface area contributed by atoms with Crippen LogP contribution in [0.3, 0.4) is 0 Å². The van der Waals surface area contributed by atoms with Crippen LogP contribution in [0.5, 0.6) is 0 Å². The first kappa shape index (κ1) is 12.2. The molecular formula is C8H16N2O2S. The third kappa shape index (κ3) is 5.41. The fraction of sp³-hybridized carbons (Fsp3) is 0.750. The van der Waals surface area contributed by atoms with Gasteiger partial charge in [0.2, 0.25) is 0 Å². The maximum absolute atomic E-state index is 11.0. The number of carbonyl (C=O) groups is 1. The molecule has 0 saturated carbocycles. The zero-order chi connectivity index (χ0) is 10.4. The summed E-state index contributed by atoms with van der Waals surface area (Å²) in [5, 5.41) is 6.24. The lowest BCUT2D eigenvalue weighted by Crippen LogP contribution is -2.46. The minimum absolute atomic E-state index is 0.254. The molecule has 0 aliphatic heterocycles. The van der Waals surface area contributed by atoms with Crippen LogP contribution in [0.25, 0.3) is 0 Å². The number of hydrogen-bond donors (Lipinski definition) is 2. The number of hydrogen-bond acceptors (Lipinski definition) is 3. The van der Waals surface area contributed by atoms with Gasteiger partial charge in [-0.1, -0.05) is 0 Å². The number of rotatable bonds is 3. The highest BCUT2D eigenvalue weighted by Crippen LogP contribution is 1.86. The predicted molar refractivity (Wildman–Crippen MR) is 55.5 cm³/mol. The maximum atomic E-state index is 11.0. The summed E-state index contributed by atoms with van der Waals surface area (Å²) in [4.78, 5) is 11.0. The average Bonchev–Trinajstić information content (AvgIpc) is 2.01. The highest BCUT2D eigenvalue weighted by Gasteiger charge is 2.13. The van der Waals surface area contributed by atoms with E-state index < -0.39 is 6.04 Å². The van der Waals surface area contributed by atoms with Gasteiger partial charge in [0.1, 0.15) is 6.04 Å². The van der Waals surface area contributed by atoms with Crippen LogP contribution in [0.4, 0.5) is 0 Å². The van der Waals surface area contributed by atoms with Crippen molar-refractivity contribution in [2.75, 3.05) is 7.11 Å². The summed E-state index contributed by atoms with van der Waals surface area (Å²) in [6.07, 6.45) is 0. The molecule has 0 bridgehead atoms. The highest BCUT2D eigenvalue weighted by molar-refractivity contribution is 7.80. The molecule has 13 heavy (non-hydrogen) atoms. The first-order chi connectivity index (χ1) is 5.97. The van der Waals surface area contributed by atoms with Crippen molar-refractivity contribution in [1.29, 1.82) is 0 Å². The Morgan fingerprint density at radius 3 is 2.23 bits per heavy atom. The van der Waals surface area contributed by atoms with Crippen LogP contribution in [-0.4, -0.2) is 30.3 Å². The van der Waals surface area contributed by atoms with E-state index in [2.05, 4.69) is 15.4 Å². The topological polar surface area (TPSA) is 50.4 Å². The Labute approximate surface area is 84.0 Å². The smallest absolute Gasteiger partial charge is 0.328 e. The Bertz CT molecular complexity index is 195. The van der Waals surface area contributed by atoms with E-state index in [0.717, 1.165) is 0 Å². The number of esters is 1. The first-order valence-electron chi connectivity index (χ1n) is 4.12. The quantitative estimate of drug-likeness (QED) is 0.515. The van der Waals surface area contributed by atoms with Crippen molar-refractivity contribution in [3.63, 3.8) is 0 Å². The molecule has 0 aromatic rings. The molecular weight excluding hydrogens is 188 g/mol. The monoisotopic (exact) mass is 204 g/mol. The molecule has 0 fully saturated rings. The third-order valence-corrected chi connectivity index (χ3v) is 1.56. The Balaban J connectivity index is 3.85. The number of methoxy groups -OCH3 is 1. The molecule has 4 nitrogen and oxygen atoms in total. The summed E-state index contributed by atoms with van der Waals surface area (Å²) in [7, 11) is 1.35. The van der Waals surface area contributed by atoms with Crippen molar-refractivity contribution >= 4 is 23.3 Å². The van der Waals surface area contributed by atoms with Gasteiger partial charge in [0.15, 0.2) is 5.11 Å². The molecule has 0 radical (unpaired) electrons. The molecule has 2 N–H and O–H groups in total. The summed E-state index contributed by atoms with van der Waals surface area (Å²) >= 11 is 4.94. The standard InChI is InChI=1S/C8H16N2O2S/c1-5(2)9-8(13)10-6(3)7(11)12-4/h5-6H,1-4H3,(H2,9,10,13). The Morgan fingerprint density at radius 2 is 1.85 bits per heavy atom. The molecule has 76 valence electrons. The van der Waals surface area contributed by atoms with Crippen molar-refractivity contribution in [3.05, 3.63) is 0 Å². The zero-order valence-electron chi connectivity index (χ0n) is 8.38. The number of carbonyl (C=O) groups excluding carboxylic acids is 1. The lowest BCUT2D eigenvalue weighted by molar-refractivity contribution is -0.142. The van der Waals surface area contributed by atoms with E-state index in [1.165, 1.54) is 7.11 Å². The van der Waals surface area contributed by atoms with E-state index in [-0.39, 0.29) is 12.0 Å². The van der Waals surface area contributed by atoms with Gasteiger partial charge in [0.25, 0.3) is 0 Å². The molecule has 0 saturated heterocycles. The molecule has 1 atom stereocenters. The SMILES string of the molecule is COC(=O)C(C)NC(=S)NC(C)C. The van der Waals surface area contributed by atoms with E-state index in [9.17, 15) is 4.79 Å². The van der Waals surface area contributed by atoms with Crippen LogP contribution in [0, 0.1) is 0 Å². The zero-order valence-corrected chi connectivity index (χ0v) is 9.20. The van der Waals surface area contributed by atoms with Crippen LogP contribution in [0.15, 0.2) is 0 Å². The lowest BCUT2D eigenvalue weighted by Gasteiger charge is -2.16. The molecule has 0 amide bonds. The van der Waals surface area contributed by atoms with Gasteiger partial charge in [0, 0.05) is 6.04 Å². The number of thiocarbonyl (C=S) groups is 1. The number of ether oxygens (including phenoxy) is 1. The molecule has 0 heterocycles. The van der Waals surface area contributed by atoms with Gasteiger partial charge in [0.05, 0.1) is 7.11 Å². The van der Waals surface area contributed by atoms with Crippen molar-refractivity contribution in [1.82, 2.24) is 10.6 Å². The van der Waals surface area contributed by atoms with E-state index in [4.69, 9.17) is 12.2 Å². The third-order valence-electron chi connectivity index (χ3n) is 1.32. The van der Waals surface area contributed by atoms with Gasteiger partial charge in [-0.05, 0) is 33.0 Å². The normalized spacial score (nSPS) is 12.1. The van der Waals surface area contributed by atoms with Gasteiger partial charge in [-0.15, -0.1) is 0 Å². The van der Waals surface area contributed by atoms with Crippen LogP contribution in [0.1, 0.15) is 20.8 Å². The van der Waals surface area contributed by atoms with E-state index in [1.54, 1.807) is 6.92 Å². The molecule has 0 aliphatic carbocycles. The van der Waals surface area contributed by atoms with E-state index in [1.807, 2.05) is 13.8 Å². The van der Waals surface area contributed by atoms with Crippen LogP contribution in [0.2, 0.25) is 0 Å². The molecule has 0 spiro atoms. The summed E-state index contributed by atoms with van der Waals surface area (Å²) in [5.74, 6) is -0.326. The Kier molecular flexibility index (Phi) is 5.37. The Morgan fingerprint density at radius 1 is 1.31 bits per heavy atom.